The van der Waals surface area contributed by atoms with E-state index in [9.17, 15) is 0 Å². The van der Waals surface area contributed by atoms with Crippen LogP contribution in [0.3, 0.4) is 0 Å². The number of nitrogens with zero attached hydrogens (tertiary/aromatic N) is 3. The van der Waals surface area contributed by atoms with Gasteiger partial charge in [0.25, 0.3) is 0 Å². The molecule has 0 amide bonds. The molecule has 1 aromatic carbocycles. The highest BCUT2D eigenvalue weighted by Crippen LogP contribution is 2.32. The Kier molecular flexibility index (Phi) is 11.6. The predicted octanol–water partition coefficient (Wildman–Crippen LogP) is 2.55. The number of rotatable bonds is 10. The van der Waals surface area contributed by atoms with Gasteiger partial charge in [-0.15, -0.1) is 24.0 Å². The summed E-state index contributed by atoms with van der Waals surface area (Å²) < 4.78 is 10.8. The van der Waals surface area contributed by atoms with Crippen LogP contribution in [0.15, 0.2) is 23.2 Å². The zero-order chi connectivity index (χ0) is 20.3. The van der Waals surface area contributed by atoms with Crippen molar-refractivity contribution in [3.63, 3.8) is 0 Å². The Morgan fingerprint density at radius 2 is 1.77 bits per heavy atom. The Morgan fingerprint density at radius 1 is 1.00 bits per heavy atom. The van der Waals surface area contributed by atoms with Crippen LogP contribution < -0.4 is 20.1 Å². The van der Waals surface area contributed by atoms with E-state index < -0.39 is 0 Å². The fourth-order valence-corrected chi connectivity index (χ4v) is 3.73. The van der Waals surface area contributed by atoms with Crippen LogP contribution in [0.1, 0.15) is 32.3 Å². The lowest BCUT2D eigenvalue weighted by Gasteiger charge is -2.33. The number of benzene rings is 1. The minimum Gasteiger partial charge on any atom is -0.454 e. The van der Waals surface area contributed by atoms with E-state index in [0.717, 1.165) is 49.9 Å². The fourth-order valence-electron chi connectivity index (χ4n) is 3.73. The minimum atomic E-state index is 0. The molecule has 0 bridgehead atoms. The van der Waals surface area contributed by atoms with Gasteiger partial charge in [-0.25, -0.2) is 0 Å². The van der Waals surface area contributed by atoms with Gasteiger partial charge >= 0.3 is 0 Å². The first-order valence-corrected chi connectivity index (χ1v) is 11.1. The second-order valence-electron chi connectivity index (χ2n) is 7.61. The predicted molar refractivity (Wildman–Crippen MR) is 133 cm³/mol. The van der Waals surface area contributed by atoms with Crippen molar-refractivity contribution >= 4 is 29.9 Å². The first kappa shape index (κ1) is 25.0. The first-order chi connectivity index (χ1) is 14.3. The topological polar surface area (TPSA) is 61.4 Å². The molecule has 1 saturated heterocycles. The van der Waals surface area contributed by atoms with Crippen LogP contribution in [0.4, 0.5) is 0 Å². The number of nitrogens with one attached hydrogen (secondary N) is 2. The van der Waals surface area contributed by atoms with E-state index >= 15 is 0 Å². The number of aliphatic imine (C=N–C) groups is 1. The largest absolute Gasteiger partial charge is 0.454 e. The Bertz CT molecular complexity index is 650. The second kappa shape index (κ2) is 13.9. The van der Waals surface area contributed by atoms with E-state index in [1.54, 1.807) is 0 Å². The van der Waals surface area contributed by atoms with Crippen molar-refractivity contribution in [3.8, 4) is 11.5 Å². The average molecular weight is 531 g/mol. The summed E-state index contributed by atoms with van der Waals surface area (Å²) in [5.41, 5.74) is 1.24. The summed E-state index contributed by atoms with van der Waals surface area (Å²) in [4.78, 5) is 9.85. The lowest BCUT2D eigenvalue weighted by atomic mass is 10.1. The van der Waals surface area contributed by atoms with Crippen molar-refractivity contribution < 1.29 is 9.47 Å². The standard InChI is InChI=1S/C22H37N5O2.HI/c1-3-23-22(24-10-5-6-12-27-15-13-26(4-2)14-16-27)25-11-9-19-7-8-20-21(17-19)29-18-28-20;/h7-8,17H,3-6,9-16,18H2,1-2H3,(H2,23,24,25);1H. The molecule has 0 saturated carbocycles. The van der Waals surface area contributed by atoms with Gasteiger partial charge in [-0.05, 0) is 57.0 Å². The van der Waals surface area contributed by atoms with E-state index in [1.807, 2.05) is 6.07 Å². The molecule has 0 atom stereocenters. The van der Waals surface area contributed by atoms with Crippen molar-refractivity contribution in [1.82, 2.24) is 20.4 Å². The Morgan fingerprint density at radius 3 is 2.53 bits per heavy atom. The molecule has 2 aliphatic rings. The third-order valence-electron chi connectivity index (χ3n) is 5.55. The molecule has 0 aromatic heterocycles. The summed E-state index contributed by atoms with van der Waals surface area (Å²) in [7, 11) is 0. The summed E-state index contributed by atoms with van der Waals surface area (Å²) in [6.07, 6.45) is 3.27. The van der Waals surface area contributed by atoms with Gasteiger partial charge in [-0.3, -0.25) is 4.99 Å². The molecule has 2 heterocycles. The summed E-state index contributed by atoms with van der Waals surface area (Å²) in [6.45, 7) is 14.5. The summed E-state index contributed by atoms with van der Waals surface area (Å²) in [6, 6.07) is 6.15. The number of unbranched alkanes of at least 4 members (excludes halogenated alkanes) is 1. The van der Waals surface area contributed by atoms with Crippen molar-refractivity contribution in [1.29, 1.82) is 0 Å². The number of hydrogen-bond acceptors (Lipinski definition) is 5. The van der Waals surface area contributed by atoms with Crippen LogP contribution in [-0.4, -0.2) is 81.5 Å². The van der Waals surface area contributed by atoms with Gasteiger partial charge in [0.05, 0.1) is 0 Å². The number of fused-ring (bicyclic) bond motifs is 1. The van der Waals surface area contributed by atoms with Crippen molar-refractivity contribution in [2.45, 2.75) is 33.1 Å². The number of halogens is 1. The number of guanidine groups is 1. The summed E-state index contributed by atoms with van der Waals surface area (Å²) >= 11 is 0. The highest BCUT2D eigenvalue weighted by molar-refractivity contribution is 14.0. The number of ether oxygens (including phenoxy) is 2. The molecule has 8 heteroatoms. The van der Waals surface area contributed by atoms with Gasteiger partial charge < -0.3 is 29.9 Å². The molecule has 1 fully saturated rings. The van der Waals surface area contributed by atoms with Crippen LogP contribution in [-0.2, 0) is 6.42 Å². The van der Waals surface area contributed by atoms with Gasteiger partial charge in [-0.1, -0.05) is 13.0 Å². The molecule has 30 heavy (non-hydrogen) atoms. The molecule has 0 aliphatic carbocycles. The molecule has 0 radical (unpaired) electrons. The van der Waals surface area contributed by atoms with Crippen LogP contribution in [0.25, 0.3) is 0 Å². The fraction of sp³-hybridized carbons (Fsp3) is 0.682. The smallest absolute Gasteiger partial charge is 0.231 e. The maximum absolute atomic E-state index is 5.45. The molecule has 0 spiro atoms. The van der Waals surface area contributed by atoms with Gasteiger partial charge in [0.15, 0.2) is 17.5 Å². The van der Waals surface area contributed by atoms with Gasteiger partial charge in [-0.2, -0.15) is 0 Å². The van der Waals surface area contributed by atoms with Crippen LogP contribution >= 0.6 is 24.0 Å². The molecule has 0 unspecified atom stereocenters. The van der Waals surface area contributed by atoms with Crippen LogP contribution in [0.5, 0.6) is 11.5 Å². The second-order valence-corrected chi connectivity index (χ2v) is 7.61. The highest BCUT2D eigenvalue weighted by atomic mass is 127. The monoisotopic (exact) mass is 531 g/mol. The molecule has 2 aliphatic heterocycles. The van der Waals surface area contributed by atoms with Gasteiger partial charge in [0, 0.05) is 45.8 Å². The lowest BCUT2D eigenvalue weighted by Crippen LogP contribution is -2.46. The summed E-state index contributed by atoms with van der Waals surface area (Å²) in [5, 5.41) is 6.78. The van der Waals surface area contributed by atoms with Crippen molar-refractivity contribution in [3.05, 3.63) is 23.8 Å². The van der Waals surface area contributed by atoms with Crippen molar-refractivity contribution in [2.75, 3.05) is 65.7 Å². The Balaban J connectivity index is 0.00000320. The van der Waals surface area contributed by atoms with Crippen LogP contribution in [0.2, 0.25) is 0 Å². The first-order valence-electron chi connectivity index (χ1n) is 11.1. The minimum absolute atomic E-state index is 0. The molecular weight excluding hydrogens is 493 g/mol. The van der Waals surface area contributed by atoms with Crippen molar-refractivity contribution in [2.24, 2.45) is 4.99 Å². The molecule has 7 nitrogen and oxygen atoms in total. The molecule has 170 valence electrons. The number of hydrogen-bond donors (Lipinski definition) is 2. The third-order valence-corrected chi connectivity index (χ3v) is 5.55. The number of likely N-dealkylation sites (N-methyl/N-ethyl adjacent to an activating group) is 1. The quantitative estimate of drug-likeness (QED) is 0.210. The SMILES string of the molecule is CCNC(=NCCCCN1CCN(CC)CC1)NCCc1ccc2c(c1)OCO2.I. The summed E-state index contributed by atoms with van der Waals surface area (Å²) in [5.74, 6) is 2.59. The molecule has 1 aromatic rings. The number of piperazine rings is 1. The van der Waals surface area contributed by atoms with E-state index in [-0.39, 0.29) is 24.0 Å². The van der Waals surface area contributed by atoms with Crippen LogP contribution in [0, 0.1) is 0 Å². The van der Waals surface area contributed by atoms with E-state index in [2.05, 4.69) is 46.4 Å². The zero-order valence-corrected chi connectivity index (χ0v) is 20.8. The maximum Gasteiger partial charge on any atom is 0.231 e. The molecule has 3 rings (SSSR count). The lowest BCUT2D eigenvalue weighted by molar-refractivity contribution is 0.136. The Hall–Kier alpha value is -1.26. The third kappa shape index (κ3) is 8.11. The molecule has 2 N–H and O–H groups in total. The average Bonchev–Trinajstić information content (AvgIpc) is 3.22. The zero-order valence-electron chi connectivity index (χ0n) is 18.5. The normalized spacial score (nSPS) is 16.9. The van der Waals surface area contributed by atoms with E-state index in [4.69, 9.17) is 14.5 Å². The van der Waals surface area contributed by atoms with Gasteiger partial charge in [0.2, 0.25) is 6.79 Å². The maximum atomic E-state index is 5.45. The Labute approximate surface area is 198 Å². The highest BCUT2D eigenvalue weighted by Gasteiger charge is 2.14. The van der Waals surface area contributed by atoms with E-state index in [1.165, 1.54) is 51.3 Å². The molecular formula is C22H38IN5O2. The van der Waals surface area contributed by atoms with Gasteiger partial charge in [0.1, 0.15) is 0 Å². The van der Waals surface area contributed by atoms with E-state index in [0.29, 0.717) is 6.79 Å².